The number of carbonyl (C=O) groups is 1. The maximum absolute atomic E-state index is 12.3. The largest absolute Gasteiger partial charge is 0.392 e. The van der Waals surface area contributed by atoms with Gasteiger partial charge in [-0.25, -0.2) is 0 Å². The van der Waals surface area contributed by atoms with Gasteiger partial charge < -0.3 is 10.0 Å². The van der Waals surface area contributed by atoms with Gasteiger partial charge in [-0.2, -0.15) is 0 Å². The second-order valence-corrected chi connectivity index (χ2v) is 9.16. The number of carbonyl (C=O) groups excluding carboxylic acids is 1. The van der Waals surface area contributed by atoms with Gasteiger partial charge in [-0.1, -0.05) is 54.5 Å². The number of hydrogen-bond acceptors (Lipinski definition) is 3. The van der Waals surface area contributed by atoms with Gasteiger partial charge in [-0.3, -0.25) is 4.79 Å². The Labute approximate surface area is 176 Å². The smallest absolute Gasteiger partial charge is 0.155 e. The Balaban J connectivity index is 1.43. The molecule has 0 radical (unpaired) electrons. The van der Waals surface area contributed by atoms with Gasteiger partial charge in [-0.15, -0.1) is 0 Å². The molecule has 0 amide bonds. The van der Waals surface area contributed by atoms with Crippen molar-refractivity contribution in [3.8, 4) is 0 Å². The highest BCUT2D eigenvalue weighted by Crippen LogP contribution is 2.48. The maximum atomic E-state index is 12.3. The Bertz CT molecular complexity index is 707. The van der Waals surface area contributed by atoms with Crippen LogP contribution in [0.5, 0.6) is 0 Å². The lowest BCUT2D eigenvalue weighted by Crippen LogP contribution is -2.17. The van der Waals surface area contributed by atoms with Gasteiger partial charge in [-0.05, 0) is 82.6 Å². The van der Waals surface area contributed by atoms with Crippen molar-refractivity contribution in [1.29, 1.82) is 0 Å². The van der Waals surface area contributed by atoms with Crippen LogP contribution in [0, 0.1) is 17.8 Å². The Hall–Kier alpha value is -1.71. The zero-order valence-electron chi connectivity index (χ0n) is 18.1. The van der Waals surface area contributed by atoms with Crippen molar-refractivity contribution in [2.45, 2.75) is 57.5 Å². The number of aliphatic hydroxyl groups is 1. The van der Waals surface area contributed by atoms with Crippen LogP contribution >= 0.6 is 0 Å². The van der Waals surface area contributed by atoms with Crippen LogP contribution in [-0.4, -0.2) is 42.5 Å². The van der Waals surface area contributed by atoms with Crippen molar-refractivity contribution in [3.63, 3.8) is 0 Å². The summed E-state index contributed by atoms with van der Waals surface area (Å²) in [4.78, 5) is 14.6. The van der Waals surface area contributed by atoms with Crippen LogP contribution in [0.15, 0.2) is 54.1 Å². The first kappa shape index (κ1) is 22.0. The predicted octanol–water partition coefficient (Wildman–Crippen LogP) is 4.81. The molecule has 0 aromatic heterocycles. The van der Waals surface area contributed by atoms with Gasteiger partial charge in [0.2, 0.25) is 0 Å². The monoisotopic (exact) mass is 395 g/mol. The Morgan fingerprint density at radius 3 is 2.69 bits per heavy atom. The number of aryl methyl sites for hydroxylation is 1. The lowest BCUT2D eigenvalue weighted by atomic mass is 9.88. The standard InChI is InChI=1S/C26H37NO2/c1-27(2)16-8-4-7-11-21-17-22-19-26(29)24(25(22)18-21)15-14-23(28)13-12-20-9-5-3-6-10-20/h3,5-6,9-10,14-15,17,22,24-26,29H,4,7-8,11-13,16,18-19H2,1-2H3/b15-14+/t22-,24+,25-,26+/m0/s1. The van der Waals surface area contributed by atoms with Crippen molar-refractivity contribution in [2.75, 3.05) is 20.6 Å². The number of nitrogens with zero attached hydrogens (tertiary/aromatic N) is 1. The molecule has 0 heterocycles. The molecule has 3 heteroatoms. The molecule has 0 bridgehead atoms. The number of rotatable bonds is 11. The Morgan fingerprint density at radius 2 is 1.93 bits per heavy atom. The third kappa shape index (κ3) is 6.65. The van der Waals surface area contributed by atoms with E-state index in [0.717, 1.165) is 19.3 Å². The number of hydrogen-bond donors (Lipinski definition) is 1. The minimum absolute atomic E-state index is 0.128. The summed E-state index contributed by atoms with van der Waals surface area (Å²) in [5.74, 6) is 1.27. The zero-order valence-corrected chi connectivity index (χ0v) is 18.1. The first-order chi connectivity index (χ1) is 14.0. The molecule has 3 nitrogen and oxygen atoms in total. The van der Waals surface area contributed by atoms with Crippen LogP contribution in [0.1, 0.15) is 50.5 Å². The van der Waals surface area contributed by atoms with Crippen LogP contribution in [0.25, 0.3) is 0 Å². The van der Waals surface area contributed by atoms with Crippen molar-refractivity contribution < 1.29 is 9.90 Å². The SMILES string of the molecule is CN(C)CCCCCC1=C[C@H]2C[C@@H](O)[C@H](/C=C/C(=O)CCc3ccccc3)[C@H]2C1. The molecule has 0 saturated heterocycles. The Kier molecular flexibility index (Phi) is 8.26. The fraction of sp³-hybridized carbons (Fsp3) is 0.577. The first-order valence-corrected chi connectivity index (χ1v) is 11.3. The van der Waals surface area contributed by atoms with E-state index < -0.39 is 0 Å². The fourth-order valence-electron chi connectivity index (χ4n) is 4.96. The van der Waals surface area contributed by atoms with E-state index in [0.29, 0.717) is 18.3 Å². The molecule has 0 aliphatic heterocycles. The molecule has 158 valence electrons. The second-order valence-electron chi connectivity index (χ2n) is 9.16. The number of unbranched alkanes of at least 4 members (excludes halogenated alkanes) is 2. The van der Waals surface area contributed by atoms with E-state index in [-0.39, 0.29) is 17.8 Å². The third-order valence-corrected chi connectivity index (χ3v) is 6.56. The molecular weight excluding hydrogens is 358 g/mol. The minimum atomic E-state index is -0.305. The van der Waals surface area contributed by atoms with E-state index in [1.807, 2.05) is 24.3 Å². The van der Waals surface area contributed by atoms with E-state index in [1.54, 1.807) is 11.6 Å². The summed E-state index contributed by atoms with van der Waals surface area (Å²) in [6, 6.07) is 10.1. The predicted molar refractivity (Wildman–Crippen MR) is 120 cm³/mol. The molecule has 4 atom stereocenters. The zero-order chi connectivity index (χ0) is 20.6. The molecular formula is C26H37NO2. The normalized spacial score (nSPS) is 26.3. The molecule has 1 saturated carbocycles. The van der Waals surface area contributed by atoms with Crippen molar-refractivity contribution in [3.05, 3.63) is 59.7 Å². The number of ketones is 1. The van der Waals surface area contributed by atoms with E-state index in [4.69, 9.17) is 0 Å². The van der Waals surface area contributed by atoms with Gasteiger partial charge in [0.25, 0.3) is 0 Å². The fourth-order valence-corrected chi connectivity index (χ4v) is 4.96. The van der Waals surface area contributed by atoms with E-state index in [9.17, 15) is 9.90 Å². The van der Waals surface area contributed by atoms with Gasteiger partial charge in [0.1, 0.15) is 0 Å². The van der Waals surface area contributed by atoms with Crippen molar-refractivity contribution in [2.24, 2.45) is 17.8 Å². The highest BCUT2D eigenvalue weighted by molar-refractivity contribution is 5.89. The van der Waals surface area contributed by atoms with Crippen molar-refractivity contribution >= 4 is 5.78 Å². The average Bonchev–Trinajstić information content (AvgIpc) is 3.21. The first-order valence-electron chi connectivity index (χ1n) is 11.3. The maximum Gasteiger partial charge on any atom is 0.155 e. The quantitative estimate of drug-likeness (QED) is 0.332. The summed E-state index contributed by atoms with van der Waals surface area (Å²) in [7, 11) is 4.26. The summed E-state index contributed by atoms with van der Waals surface area (Å²) in [5, 5.41) is 10.5. The number of benzene rings is 1. The van der Waals surface area contributed by atoms with Gasteiger partial charge in [0, 0.05) is 12.3 Å². The van der Waals surface area contributed by atoms with Crippen LogP contribution < -0.4 is 0 Å². The third-order valence-electron chi connectivity index (χ3n) is 6.56. The Morgan fingerprint density at radius 1 is 1.14 bits per heavy atom. The van der Waals surface area contributed by atoms with Gasteiger partial charge >= 0.3 is 0 Å². The summed E-state index contributed by atoms with van der Waals surface area (Å²) < 4.78 is 0. The van der Waals surface area contributed by atoms with Crippen LogP contribution in [0.3, 0.4) is 0 Å². The molecule has 2 aliphatic rings. The van der Waals surface area contributed by atoms with Crippen LogP contribution in [-0.2, 0) is 11.2 Å². The molecule has 3 rings (SSSR count). The van der Waals surface area contributed by atoms with Crippen LogP contribution in [0.4, 0.5) is 0 Å². The highest BCUT2D eigenvalue weighted by Gasteiger charge is 2.43. The number of aliphatic hydroxyl groups excluding tert-OH is 1. The molecule has 1 fully saturated rings. The van der Waals surface area contributed by atoms with E-state index in [2.05, 4.69) is 37.2 Å². The minimum Gasteiger partial charge on any atom is -0.392 e. The van der Waals surface area contributed by atoms with Gasteiger partial charge in [0.15, 0.2) is 5.78 Å². The van der Waals surface area contributed by atoms with Crippen molar-refractivity contribution in [1.82, 2.24) is 4.90 Å². The topological polar surface area (TPSA) is 40.5 Å². The highest BCUT2D eigenvalue weighted by atomic mass is 16.3. The van der Waals surface area contributed by atoms with E-state index >= 15 is 0 Å². The number of allylic oxidation sites excluding steroid dienone is 3. The summed E-state index contributed by atoms with van der Waals surface area (Å²) in [5.41, 5.74) is 2.77. The molecule has 2 aliphatic carbocycles. The van der Waals surface area contributed by atoms with E-state index in [1.165, 1.54) is 37.8 Å². The molecule has 1 N–H and O–H groups in total. The molecule has 29 heavy (non-hydrogen) atoms. The molecule has 1 aromatic carbocycles. The average molecular weight is 396 g/mol. The molecule has 0 spiro atoms. The number of fused-ring (bicyclic) bond motifs is 1. The summed E-state index contributed by atoms with van der Waals surface area (Å²) in [6.07, 6.45) is 14.2. The molecule has 1 aromatic rings. The lowest BCUT2D eigenvalue weighted by molar-refractivity contribution is -0.114. The van der Waals surface area contributed by atoms with Crippen LogP contribution in [0.2, 0.25) is 0 Å². The second kappa shape index (κ2) is 10.9. The lowest BCUT2D eigenvalue weighted by Gasteiger charge is -2.18. The summed E-state index contributed by atoms with van der Waals surface area (Å²) >= 11 is 0. The van der Waals surface area contributed by atoms with Gasteiger partial charge in [0.05, 0.1) is 6.10 Å². The summed E-state index contributed by atoms with van der Waals surface area (Å²) in [6.45, 7) is 1.17. The molecule has 0 unspecified atom stereocenters.